The van der Waals surface area contributed by atoms with Gasteiger partial charge in [-0.05, 0) is 41.8 Å². The van der Waals surface area contributed by atoms with Gasteiger partial charge in [-0.15, -0.1) is 0 Å². The molecule has 1 heterocycles. The van der Waals surface area contributed by atoms with Gasteiger partial charge in [-0.1, -0.05) is 13.8 Å². The van der Waals surface area contributed by atoms with Gasteiger partial charge in [-0.3, -0.25) is 10.2 Å². The number of anilines is 1. The van der Waals surface area contributed by atoms with Gasteiger partial charge in [-0.2, -0.15) is 26.3 Å². The van der Waals surface area contributed by atoms with E-state index in [1.165, 1.54) is 18.2 Å². The standard InChI is InChI=1S/C25H23F6N3O6/c1-11(2)16-10-32-19-6-5-14(9-15(16)19)40-21-17(24(26,27)28)7-13(8-18(21)25(29,30)31)33-34(12(3)35)20(22(36)37)23(38)39-4/h5-11,20,32-33H,1-4H3,(H,36,37)/t20-/m1/s1. The minimum Gasteiger partial charge on any atom is -0.479 e. The molecule has 3 aromatic rings. The van der Waals surface area contributed by atoms with Crippen molar-refractivity contribution in [1.82, 2.24) is 9.99 Å². The number of aromatic nitrogens is 1. The second-order valence-electron chi connectivity index (χ2n) is 8.87. The summed E-state index contributed by atoms with van der Waals surface area (Å²) >= 11 is 0. The van der Waals surface area contributed by atoms with E-state index in [0.29, 0.717) is 10.9 Å². The predicted molar refractivity (Wildman–Crippen MR) is 128 cm³/mol. The number of aliphatic carboxylic acids is 1. The van der Waals surface area contributed by atoms with Crippen LogP contribution in [0.2, 0.25) is 0 Å². The highest BCUT2D eigenvalue weighted by Gasteiger charge is 2.44. The molecule has 9 nitrogen and oxygen atoms in total. The number of ether oxygens (including phenoxy) is 2. The Morgan fingerprint density at radius 1 is 1.00 bits per heavy atom. The van der Waals surface area contributed by atoms with E-state index < -0.39 is 58.8 Å². The number of esters is 1. The third kappa shape index (κ3) is 6.24. The zero-order valence-electron chi connectivity index (χ0n) is 21.3. The number of alkyl halides is 6. The van der Waals surface area contributed by atoms with E-state index in [4.69, 9.17) is 4.74 Å². The molecule has 0 aliphatic rings. The molecule has 3 N–H and O–H groups in total. The zero-order valence-corrected chi connectivity index (χ0v) is 21.3. The van der Waals surface area contributed by atoms with Gasteiger partial charge in [0.2, 0.25) is 11.9 Å². The zero-order chi connectivity index (χ0) is 30.2. The molecule has 3 rings (SSSR count). The van der Waals surface area contributed by atoms with Gasteiger partial charge in [0.15, 0.2) is 5.75 Å². The maximum atomic E-state index is 14.1. The van der Waals surface area contributed by atoms with Crippen molar-refractivity contribution in [3.63, 3.8) is 0 Å². The Hall–Kier alpha value is -4.43. The van der Waals surface area contributed by atoms with Crippen LogP contribution in [0.15, 0.2) is 36.5 Å². The van der Waals surface area contributed by atoms with E-state index in [9.17, 15) is 45.8 Å². The second-order valence-corrected chi connectivity index (χ2v) is 8.87. The Kier molecular flexibility index (Phi) is 8.27. The molecule has 1 atom stereocenters. The molecule has 0 radical (unpaired) electrons. The van der Waals surface area contributed by atoms with Crippen LogP contribution >= 0.6 is 0 Å². The topological polar surface area (TPSA) is 121 Å². The maximum absolute atomic E-state index is 14.1. The Bertz CT molecular complexity index is 1410. The van der Waals surface area contributed by atoms with E-state index in [1.807, 2.05) is 19.3 Å². The largest absolute Gasteiger partial charge is 0.479 e. The number of methoxy groups -OCH3 is 1. The Balaban J connectivity index is 2.20. The number of carbonyl (C=O) groups is 3. The van der Waals surface area contributed by atoms with Crippen molar-refractivity contribution in [3.05, 3.63) is 53.2 Å². The average Bonchev–Trinajstić information content (AvgIpc) is 3.26. The van der Waals surface area contributed by atoms with Gasteiger partial charge >= 0.3 is 24.3 Å². The lowest BCUT2D eigenvalue weighted by Gasteiger charge is -2.28. The molecule has 0 aliphatic heterocycles. The van der Waals surface area contributed by atoms with Crippen LogP contribution in [0, 0.1) is 0 Å². The Labute approximate surface area is 222 Å². The van der Waals surface area contributed by atoms with Crippen molar-refractivity contribution >= 4 is 34.4 Å². The molecule has 40 heavy (non-hydrogen) atoms. The normalized spacial score (nSPS) is 12.8. The van der Waals surface area contributed by atoms with Crippen molar-refractivity contribution < 1.29 is 55.3 Å². The quantitative estimate of drug-likeness (QED) is 0.132. The maximum Gasteiger partial charge on any atom is 0.420 e. The van der Waals surface area contributed by atoms with E-state index in [2.05, 4.69) is 9.72 Å². The van der Waals surface area contributed by atoms with Gasteiger partial charge in [0.05, 0.1) is 12.8 Å². The highest BCUT2D eigenvalue weighted by molar-refractivity contribution is 6.01. The number of carbonyl (C=O) groups excluding carboxylic acids is 2. The number of rotatable bonds is 8. The van der Waals surface area contributed by atoms with Crippen molar-refractivity contribution in [2.45, 2.75) is 45.1 Å². The van der Waals surface area contributed by atoms with E-state index in [-0.39, 0.29) is 28.8 Å². The van der Waals surface area contributed by atoms with Crippen LogP contribution in [0.3, 0.4) is 0 Å². The molecule has 0 fully saturated rings. The number of hydrogen-bond donors (Lipinski definition) is 3. The average molecular weight is 575 g/mol. The van der Waals surface area contributed by atoms with Crippen LogP contribution in [0.4, 0.5) is 32.0 Å². The first-order chi connectivity index (χ1) is 18.4. The van der Waals surface area contributed by atoms with Gasteiger partial charge in [0, 0.05) is 24.0 Å². The highest BCUT2D eigenvalue weighted by Crippen LogP contribution is 2.48. The third-order valence-corrected chi connectivity index (χ3v) is 5.73. The molecule has 15 heteroatoms. The van der Waals surface area contributed by atoms with E-state index >= 15 is 0 Å². The SMILES string of the molecule is COC(=O)[C@@H](C(=O)O)N(Nc1cc(C(F)(F)F)c(Oc2ccc3[nH]cc(C(C)C)c3c2)c(C(F)(F)F)c1)C(C)=O. The number of aromatic amines is 1. The number of amides is 1. The first-order valence-corrected chi connectivity index (χ1v) is 11.4. The lowest BCUT2D eigenvalue weighted by atomic mass is 10.0. The fraction of sp³-hybridized carbons (Fsp3) is 0.320. The number of hydrazine groups is 1. The number of nitrogens with one attached hydrogen (secondary N) is 2. The number of H-pyrrole nitrogens is 1. The number of carboxylic acid groups (broad SMARTS) is 1. The fourth-order valence-electron chi connectivity index (χ4n) is 3.90. The van der Waals surface area contributed by atoms with Crippen LogP contribution in [-0.4, -0.2) is 46.1 Å². The summed E-state index contributed by atoms with van der Waals surface area (Å²) in [5.74, 6) is -6.59. The van der Waals surface area contributed by atoms with Gasteiger partial charge in [0.1, 0.15) is 16.9 Å². The minimum absolute atomic E-state index is 0.0188. The van der Waals surface area contributed by atoms with Gasteiger partial charge in [0.25, 0.3) is 0 Å². The molecule has 1 amide bonds. The van der Waals surface area contributed by atoms with Crippen LogP contribution in [0.1, 0.15) is 43.4 Å². The monoisotopic (exact) mass is 575 g/mol. The van der Waals surface area contributed by atoms with Crippen molar-refractivity contribution in [2.24, 2.45) is 0 Å². The van der Waals surface area contributed by atoms with Crippen molar-refractivity contribution in [1.29, 1.82) is 0 Å². The minimum atomic E-state index is -5.40. The first kappa shape index (κ1) is 30.1. The summed E-state index contributed by atoms with van der Waals surface area (Å²) in [7, 11) is 0.779. The van der Waals surface area contributed by atoms with E-state index in [1.54, 1.807) is 6.20 Å². The summed E-state index contributed by atoms with van der Waals surface area (Å²) in [6, 6.07) is 1.91. The van der Waals surface area contributed by atoms with Gasteiger partial charge in [-0.25, -0.2) is 14.6 Å². The van der Waals surface area contributed by atoms with Crippen molar-refractivity contribution in [3.8, 4) is 11.5 Å². The molecular formula is C25H23F6N3O6. The molecule has 0 unspecified atom stereocenters. The number of nitrogens with zero attached hydrogens (tertiary/aromatic N) is 1. The number of halogens is 6. The van der Waals surface area contributed by atoms with Gasteiger partial charge < -0.3 is 19.6 Å². The molecular weight excluding hydrogens is 552 g/mol. The molecule has 0 aliphatic carbocycles. The number of carboxylic acids is 1. The summed E-state index contributed by atoms with van der Waals surface area (Å²) in [6.07, 6.45) is -9.13. The highest BCUT2D eigenvalue weighted by atomic mass is 19.4. The van der Waals surface area contributed by atoms with Crippen LogP contribution in [0.5, 0.6) is 11.5 Å². The molecule has 0 saturated carbocycles. The number of fused-ring (bicyclic) bond motifs is 1. The summed E-state index contributed by atoms with van der Waals surface area (Å²) in [5, 5.41) is 9.92. The van der Waals surface area contributed by atoms with Crippen LogP contribution in [-0.2, 0) is 31.5 Å². The lowest BCUT2D eigenvalue weighted by Crippen LogP contribution is -2.52. The summed E-state index contributed by atoms with van der Waals surface area (Å²) < 4.78 is 94.2. The number of benzene rings is 2. The first-order valence-electron chi connectivity index (χ1n) is 11.4. The summed E-state index contributed by atoms with van der Waals surface area (Å²) in [6.45, 7) is 4.44. The van der Waals surface area contributed by atoms with Crippen LogP contribution < -0.4 is 10.2 Å². The molecule has 0 bridgehead atoms. The molecule has 2 aromatic carbocycles. The molecule has 1 aromatic heterocycles. The summed E-state index contributed by atoms with van der Waals surface area (Å²) in [4.78, 5) is 38.5. The third-order valence-electron chi connectivity index (χ3n) is 5.73. The Morgan fingerprint density at radius 3 is 2.02 bits per heavy atom. The molecule has 0 saturated heterocycles. The van der Waals surface area contributed by atoms with Crippen LogP contribution in [0.25, 0.3) is 10.9 Å². The predicted octanol–water partition coefficient (Wildman–Crippen LogP) is 5.92. The molecule has 216 valence electrons. The smallest absolute Gasteiger partial charge is 0.420 e. The van der Waals surface area contributed by atoms with E-state index in [0.717, 1.165) is 19.6 Å². The molecule has 0 spiro atoms. The summed E-state index contributed by atoms with van der Waals surface area (Å²) in [5.41, 5.74) is -1.53. The fourth-order valence-corrected chi connectivity index (χ4v) is 3.90. The lowest BCUT2D eigenvalue weighted by molar-refractivity contribution is -0.162. The Morgan fingerprint density at radius 2 is 1.57 bits per heavy atom. The number of hydrogen-bond acceptors (Lipinski definition) is 6. The second kappa shape index (κ2) is 11.0. The van der Waals surface area contributed by atoms with Crippen molar-refractivity contribution in [2.75, 3.05) is 12.5 Å².